The van der Waals surface area contributed by atoms with Gasteiger partial charge in [0.05, 0.1) is 0 Å². The molecule has 1 fully saturated rings. The summed E-state index contributed by atoms with van der Waals surface area (Å²) in [4.78, 5) is 0. The fraction of sp³-hybridized carbons (Fsp3) is 0.625. The lowest BCUT2D eigenvalue weighted by Crippen LogP contribution is -2.25. The molecule has 1 nitrogen and oxygen atoms in total. The highest BCUT2D eigenvalue weighted by Crippen LogP contribution is 2.43. The molecule has 0 radical (unpaired) electrons. The Morgan fingerprint density at radius 3 is 2.24 bits per heavy atom. The lowest BCUT2D eigenvalue weighted by Gasteiger charge is -2.34. The maximum atomic E-state index is 10.1. The lowest BCUT2D eigenvalue weighted by molar-refractivity contribution is 0.308. The molecule has 0 aromatic heterocycles. The average Bonchev–Trinajstić information content (AvgIpc) is 2.36. The van der Waals surface area contributed by atoms with Crippen molar-refractivity contribution in [2.45, 2.75) is 65.2 Å². The highest BCUT2D eigenvalue weighted by Gasteiger charge is 2.31. The van der Waals surface area contributed by atoms with Crippen molar-refractivity contribution in [1.29, 1.82) is 0 Å². The van der Waals surface area contributed by atoms with Crippen molar-refractivity contribution in [3.05, 3.63) is 29.3 Å². The number of hydrogen-bond acceptors (Lipinski definition) is 1. The predicted octanol–water partition coefficient (Wildman–Crippen LogP) is 4.95. The topological polar surface area (TPSA) is 20.2 Å². The van der Waals surface area contributed by atoms with Gasteiger partial charge in [-0.15, -0.1) is 0 Å². The number of aryl methyl sites for hydroxylation is 1. The van der Waals surface area contributed by atoms with Crippen molar-refractivity contribution in [1.82, 2.24) is 0 Å². The Morgan fingerprint density at radius 2 is 1.65 bits per heavy atom. The predicted molar refractivity (Wildman–Crippen MR) is 74.6 cm³/mol. The summed E-state index contributed by atoms with van der Waals surface area (Å²) in [5.41, 5.74) is 2.36. The molecule has 1 N–H and O–H groups in total. The van der Waals surface area contributed by atoms with Crippen LogP contribution in [0.25, 0.3) is 0 Å². The molecule has 0 saturated heterocycles. The van der Waals surface area contributed by atoms with Crippen LogP contribution in [0.4, 0.5) is 0 Å². The molecule has 1 aromatic carbocycles. The summed E-state index contributed by atoms with van der Waals surface area (Å²) < 4.78 is 0. The maximum Gasteiger partial charge on any atom is 0.122 e. The zero-order valence-electron chi connectivity index (χ0n) is 11.7. The van der Waals surface area contributed by atoms with Crippen LogP contribution in [0, 0.1) is 6.92 Å². The second-order valence-electron chi connectivity index (χ2n) is 5.09. The Kier molecular flexibility index (Phi) is 5.04. The first-order valence-electron chi connectivity index (χ1n) is 6.92. The molecule has 0 spiro atoms. The molecule has 1 aliphatic carbocycles. The largest absolute Gasteiger partial charge is 0.507 e. The van der Waals surface area contributed by atoms with E-state index < -0.39 is 0 Å². The average molecular weight is 234 g/mol. The molecule has 0 aliphatic heterocycles. The minimum Gasteiger partial charge on any atom is -0.507 e. The molecule has 0 unspecified atom stereocenters. The van der Waals surface area contributed by atoms with Gasteiger partial charge in [0, 0.05) is 5.56 Å². The van der Waals surface area contributed by atoms with Crippen LogP contribution in [0.3, 0.4) is 0 Å². The van der Waals surface area contributed by atoms with Crippen LogP contribution >= 0.6 is 0 Å². The number of phenols is 1. The van der Waals surface area contributed by atoms with Crippen LogP contribution in [-0.2, 0) is 5.41 Å². The van der Waals surface area contributed by atoms with Crippen molar-refractivity contribution in [2.24, 2.45) is 0 Å². The first-order valence-corrected chi connectivity index (χ1v) is 6.92. The molecule has 2 rings (SSSR count). The maximum absolute atomic E-state index is 10.1. The van der Waals surface area contributed by atoms with Gasteiger partial charge < -0.3 is 5.11 Å². The van der Waals surface area contributed by atoms with Crippen LogP contribution in [0.2, 0.25) is 0 Å². The number of rotatable bonds is 1. The van der Waals surface area contributed by atoms with Crippen molar-refractivity contribution in [3.63, 3.8) is 0 Å². The quantitative estimate of drug-likeness (QED) is 0.729. The van der Waals surface area contributed by atoms with Gasteiger partial charge >= 0.3 is 0 Å². The minimum absolute atomic E-state index is 0.203. The van der Waals surface area contributed by atoms with Crippen LogP contribution in [0.1, 0.15) is 64.0 Å². The van der Waals surface area contributed by atoms with Gasteiger partial charge in [0.2, 0.25) is 0 Å². The molecule has 0 amide bonds. The Labute approximate surface area is 106 Å². The minimum atomic E-state index is 0.203. The van der Waals surface area contributed by atoms with E-state index in [1.165, 1.54) is 32.1 Å². The van der Waals surface area contributed by atoms with E-state index in [0.29, 0.717) is 5.75 Å². The SMILES string of the molecule is CC.Cc1cccc(C2(C)CCCCC2)c1O. The Morgan fingerprint density at radius 1 is 1.06 bits per heavy atom. The number of para-hydroxylation sites is 1. The van der Waals surface area contributed by atoms with E-state index in [4.69, 9.17) is 0 Å². The second-order valence-corrected chi connectivity index (χ2v) is 5.09. The monoisotopic (exact) mass is 234 g/mol. The zero-order chi connectivity index (χ0) is 12.9. The van der Waals surface area contributed by atoms with E-state index in [9.17, 15) is 5.11 Å². The molecular formula is C16H26O. The third-order valence-electron chi connectivity index (χ3n) is 3.85. The van der Waals surface area contributed by atoms with Gasteiger partial charge in [0.25, 0.3) is 0 Å². The number of phenolic OH excluding ortho intramolecular Hbond substituents is 1. The summed E-state index contributed by atoms with van der Waals surface area (Å²) in [6.45, 7) is 8.27. The summed E-state index contributed by atoms with van der Waals surface area (Å²) in [5, 5.41) is 10.1. The molecule has 17 heavy (non-hydrogen) atoms. The molecule has 96 valence electrons. The fourth-order valence-corrected chi connectivity index (χ4v) is 2.75. The molecular weight excluding hydrogens is 208 g/mol. The molecule has 0 heterocycles. The van der Waals surface area contributed by atoms with Crippen molar-refractivity contribution in [2.75, 3.05) is 0 Å². The molecule has 1 saturated carbocycles. The van der Waals surface area contributed by atoms with Gasteiger partial charge in [-0.25, -0.2) is 0 Å². The van der Waals surface area contributed by atoms with Crippen molar-refractivity contribution in [3.8, 4) is 5.75 Å². The number of hydrogen-bond donors (Lipinski definition) is 1. The van der Waals surface area contributed by atoms with Gasteiger partial charge in [0.1, 0.15) is 5.75 Å². The first kappa shape index (κ1) is 14.1. The molecule has 0 bridgehead atoms. The number of aromatic hydroxyl groups is 1. The third-order valence-corrected chi connectivity index (χ3v) is 3.85. The van der Waals surface area contributed by atoms with E-state index in [0.717, 1.165) is 11.1 Å². The summed E-state index contributed by atoms with van der Waals surface area (Å²) >= 11 is 0. The zero-order valence-corrected chi connectivity index (χ0v) is 11.7. The van der Waals surface area contributed by atoms with E-state index >= 15 is 0 Å². The fourth-order valence-electron chi connectivity index (χ4n) is 2.75. The van der Waals surface area contributed by atoms with Crippen LogP contribution < -0.4 is 0 Å². The lowest BCUT2D eigenvalue weighted by atomic mass is 9.70. The molecule has 1 aromatic rings. The third kappa shape index (κ3) is 3.02. The standard InChI is InChI=1S/C14H20O.C2H6/c1-11-7-6-8-12(13(11)15)14(2)9-4-3-5-10-14;1-2/h6-8,15H,3-5,9-10H2,1-2H3;1-2H3. The van der Waals surface area contributed by atoms with E-state index in [-0.39, 0.29) is 5.41 Å². The van der Waals surface area contributed by atoms with Crippen LogP contribution in [-0.4, -0.2) is 5.11 Å². The molecule has 1 aliphatic rings. The van der Waals surface area contributed by atoms with E-state index in [1.54, 1.807) is 0 Å². The Balaban J connectivity index is 0.000000686. The van der Waals surface area contributed by atoms with Crippen LogP contribution in [0.5, 0.6) is 5.75 Å². The van der Waals surface area contributed by atoms with Crippen molar-refractivity contribution < 1.29 is 5.11 Å². The first-order chi connectivity index (χ1) is 8.13. The van der Waals surface area contributed by atoms with E-state index in [2.05, 4.69) is 19.1 Å². The van der Waals surface area contributed by atoms with Crippen LogP contribution in [0.15, 0.2) is 18.2 Å². The summed E-state index contributed by atoms with van der Waals surface area (Å²) in [6.07, 6.45) is 6.37. The smallest absolute Gasteiger partial charge is 0.122 e. The van der Waals surface area contributed by atoms with Crippen molar-refractivity contribution >= 4 is 0 Å². The molecule has 1 heteroatoms. The molecule has 0 atom stereocenters. The summed E-state index contributed by atoms with van der Waals surface area (Å²) in [6, 6.07) is 6.13. The van der Waals surface area contributed by atoms with Gasteiger partial charge in [-0.2, -0.15) is 0 Å². The number of benzene rings is 1. The normalized spacial score (nSPS) is 18.1. The van der Waals surface area contributed by atoms with Gasteiger partial charge in [-0.1, -0.05) is 58.2 Å². The highest BCUT2D eigenvalue weighted by atomic mass is 16.3. The summed E-state index contributed by atoms with van der Waals surface area (Å²) in [7, 11) is 0. The Bertz CT molecular complexity index is 349. The second kappa shape index (κ2) is 6.09. The van der Waals surface area contributed by atoms with Gasteiger partial charge in [0.15, 0.2) is 0 Å². The highest BCUT2D eigenvalue weighted by molar-refractivity contribution is 5.44. The van der Waals surface area contributed by atoms with Gasteiger partial charge in [-0.05, 0) is 30.7 Å². The van der Waals surface area contributed by atoms with E-state index in [1.807, 2.05) is 26.8 Å². The summed E-state index contributed by atoms with van der Waals surface area (Å²) in [5.74, 6) is 0.516. The Hall–Kier alpha value is -0.980. The van der Waals surface area contributed by atoms with Gasteiger partial charge in [-0.3, -0.25) is 0 Å².